The number of hydrogen-bond acceptors (Lipinski definition) is 6. The summed E-state index contributed by atoms with van der Waals surface area (Å²) in [6.45, 7) is 0.514. The van der Waals surface area contributed by atoms with E-state index in [2.05, 4.69) is 10.4 Å². The van der Waals surface area contributed by atoms with E-state index in [1.54, 1.807) is 0 Å². The smallest absolute Gasteiger partial charge is 0.329 e. The molecule has 0 radical (unpaired) electrons. The average molecular weight is 294 g/mol. The van der Waals surface area contributed by atoms with E-state index in [1.807, 2.05) is 5.43 Å². The third kappa shape index (κ3) is 5.78. The zero-order valence-corrected chi connectivity index (χ0v) is 11.2. The van der Waals surface area contributed by atoms with Crippen LogP contribution in [-0.2, 0) is 14.3 Å². The summed E-state index contributed by atoms with van der Waals surface area (Å²) in [6.07, 6.45) is 1.27. The Labute approximate surface area is 120 Å². The van der Waals surface area contributed by atoms with Gasteiger partial charge in [-0.2, -0.15) is 5.10 Å². The first-order chi connectivity index (χ1) is 10.0. The van der Waals surface area contributed by atoms with Gasteiger partial charge in [-0.05, 0) is 17.7 Å². The van der Waals surface area contributed by atoms with Crippen LogP contribution in [0.3, 0.4) is 0 Å². The quantitative estimate of drug-likeness (QED) is 0.247. The van der Waals surface area contributed by atoms with Crippen LogP contribution in [0.4, 0.5) is 5.69 Å². The zero-order chi connectivity index (χ0) is 15.7. The molecule has 0 aliphatic heterocycles. The normalized spacial score (nSPS) is 10.3. The van der Waals surface area contributed by atoms with Crippen molar-refractivity contribution in [2.24, 2.45) is 5.10 Å². The maximum Gasteiger partial charge on any atom is 0.329 e. The lowest BCUT2D eigenvalue weighted by molar-refractivity contribution is -0.384. The molecular formula is C12H14N4O5. The molecule has 0 aliphatic carbocycles. The van der Waals surface area contributed by atoms with E-state index in [0.29, 0.717) is 12.2 Å². The van der Waals surface area contributed by atoms with Crippen molar-refractivity contribution in [2.45, 2.75) is 0 Å². The molecule has 0 unspecified atom stereocenters. The van der Waals surface area contributed by atoms with Crippen molar-refractivity contribution in [1.82, 2.24) is 10.7 Å². The summed E-state index contributed by atoms with van der Waals surface area (Å²) in [5, 5.41) is 16.4. The van der Waals surface area contributed by atoms with Crippen LogP contribution in [0.1, 0.15) is 5.56 Å². The second-order valence-corrected chi connectivity index (χ2v) is 3.80. The zero-order valence-electron chi connectivity index (χ0n) is 11.2. The summed E-state index contributed by atoms with van der Waals surface area (Å²) >= 11 is 0. The molecule has 2 N–H and O–H groups in total. The summed E-state index contributed by atoms with van der Waals surface area (Å²) in [6, 6.07) is 5.54. The first-order valence-corrected chi connectivity index (χ1v) is 5.89. The molecular weight excluding hydrogens is 280 g/mol. The molecule has 1 aromatic rings. The lowest BCUT2D eigenvalue weighted by Crippen LogP contribution is -2.39. The molecule has 0 fully saturated rings. The first-order valence-electron chi connectivity index (χ1n) is 5.89. The van der Waals surface area contributed by atoms with Crippen molar-refractivity contribution >= 4 is 23.7 Å². The number of carbonyl (C=O) groups excluding carboxylic acids is 2. The van der Waals surface area contributed by atoms with E-state index in [0.717, 1.165) is 0 Å². The van der Waals surface area contributed by atoms with Crippen LogP contribution < -0.4 is 10.7 Å². The van der Waals surface area contributed by atoms with Gasteiger partial charge in [0.25, 0.3) is 5.69 Å². The second-order valence-electron chi connectivity index (χ2n) is 3.80. The van der Waals surface area contributed by atoms with E-state index in [4.69, 9.17) is 4.74 Å². The lowest BCUT2D eigenvalue weighted by atomic mass is 10.2. The molecule has 1 aromatic carbocycles. The molecule has 0 atom stereocenters. The minimum Gasteiger partial charge on any atom is -0.383 e. The van der Waals surface area contributed by atoms with Crippen molar-refractivity contribution < 1.29 is 19.2 Å². The molecule has 21 heavy (non-hydrogen) atoms. The van der Waals surface area contributed by atoms with E-state index in [1.165, 1.54) is 37.6 Å². The predicted octanol–water partition coefficient (Wildman–Crippen LogP) is -0.192. The fourth-order valence-electron chi connectivity index (χ4n) is 1.25. The molecule has 0 bridgehead atoms. The number of rotatable bonds is 6. The molecule has 0 aliphatic rings. The molecule has 0 saturated carbocycles. The van der Waals surface area contributed by atoms with E-state index in [-0.39, 0.29) is 12.2 Å². The monoisotopic (exact) mass is 294 g/mol. The van der Waals surface area contributed by atoms with Crippen LogP contribution in [0.25, 0.3) is 0 Å². The minimum atomic E-state index is -0.913. The van der Waals surface area contributed by atoms with Crippen LogP contribution >= 0.6 is 0 Å². The van der Waals surface area contributed by atoms with Crippen molar-refractivity contribution in [3.8, 4) is 0 Å². The van der Waals surface area contributed by atoms with Crippen LogP contribution in [0.15, 0.2) is 29.4 Å². The Hall–Kier alpha value is -2.81. The SMILES string of the molecule is COCCNC(=O)C(=O)N/N=C/c1ccc([N+](=O)[O-])cc1. The number of non-ortho nitro benzene ring substituents is 1. The fraction of sp³-hybridized carbons (Fsp3) is 0.250. The largest absolute Gasteiger partial charge is 0.383 e. The van der Waals surface area contributed by atoms with Crippen LogP contribution in [0, 0.1) is 10.1 Å². The Kier molecular flexibility index (Phi) is 6.48. The summed E-state index contributed by atoms with van der Waals surface area (Å²) < 4.78 is 4.71. The molecule has 0 aromatic heterocycles. The number of hydrogen-bond donors (Lipinski definition) is 2. The molecule has 1 rings (SSSR count). The number of amides is 2. The van der Waals surface area contributed by atoms with Gasteiger partial charge in [0.1, 0.15) is 0 Å². The van der Waals surface area contributed by atoms with Crippen molar-refractivity contribution in [2.75, 3.05) is 20.3 Å². The summed E-state index contributed by atoms with van der Waals surface area (Å²) in [5.41, 5.74) is 2.53. The van der Waals surface area contributed by atoms with Gasteiger partial charge in [0.15, 0.2) is 0 Å². The van der Waals surface area contributed by atoms with Crippen molar-refractivity contribution in [3.05, 3.63) is 39.9 Å². The maximum atomic E-state index is 11.3. The highest BCUT2D eigenvalue weighted by Crippen LogP contribution is 2.10. The van der Waals surface area contributed by atoms with Crippen LogP contribution in [-0.4, -0.2) is 43.2 Å². The van der Waals surface area contributed by atoms with Gasteiger partial charge in [0.05, 0.1) is 17.7 Å². The molecule has 112 valence electrons. The second kappa shape index (κ2) is 8.38. The number of hydrazone groups is 1. The number of nitrogens with one attached hydrogen (secondary N) is 2. The lowest BCUT2D eigenvalue weighted by Gasteiger charge is -2.02. The first kappa shape index (κ1) is 16.2. The Bertz CT molecular complexity index is 541. The van der Waals surface area contributed by atoms with Gasteiger partial charge in [0, 0.05) is 25.8 Å². The molecule has 0 spiro atoms. The van der Waals surface area contributed by atoms with Gasteiger partial charge >= 0.3 is 11.8 Å². The van der Waals surface area contributed by atoms with Crippen molar-refractivity contribution in [1.29, 1.82) is 0 Å². The molecule has 9 nitrogen and oxygen atoms in total. The number of nitrogens with zero attached hydrogens (tertiary/aromatic N) is 2. The number of methoxy groups -OCH3 is 1. The van der Waals surface area contributed by atoms with E-state index in [9.17, 15) is 19.7 Å². The van der Waals surface area contributed by atoms with Crippen LogP contribution in [0.2, 0.25) is 0 Å². The average Bonchev–Trinajstić information content (AvgIpc) is 2.47. The molecule has 9 heteroatoms. The molecule has 0 heterocycles. The van der Waals surface area contributed by atoms with Gasteiger partial charge in [-0.15, -0.1) is 0 Å². The van der Waals surface area contributed by atoms with E-state index < -0.39 is 16.7 Å². The fourth-order valence-corrected chi connectivity index (χ4v) is 1.25. The number of nitro benzene ring substituents is 1. The Morgan fingerprint density at radius 2 is 2.00 bits per heavy atom. The summed E-state index contributed by atoms with van der Waals surface area (Å²) in [7, 11) is 1.47. The van der Waals surface area contributed by atoms with Gasteiger partial charge in [0.2, 0.25) is 0 Å². The predicted molar refractivity (Wildman–Crippen MR) is 73.7 cm³/mol. The Balaban J connectivity index is 2.44. The van der Waals surface area contributed by atoms with Gasteiger partial charge in [-0.1, -0.05) is 0 Å². The Morgan fingerprint density at radius 3 is 2.57 bits per heavy atom. The third-order valence-electron chi connectivity index (χ3n) is 2.28. The van der Waals surface area contributed by atoms with Gasteiger partial charge in [-0.25, -0.2) is 5.43 Å². The topological polar surface area (TPSA) is 123 Å². The van der Waals surface area contributed by atoms with Gasteiger partial charge in [-0.3, -0.25) is 19.7 Å². The highest BCUT2D eigenvalue weighted by atomic mass is 16.6. The van der Waals surface area contributed by atoms with Gasteiger partial charge < -0.3 is 10.1 Å². The van der Waals surface area contributed by atoms with E-state index >= 15 is 0 Å². The van der Waals surface area contributed by atoms with Crippen LogP contribution in [0.5, 0.6) is 0 Å². The summed E-state index contributed by atoms with van der Waals surface area (Å²) in [4.78, 5) is 32.5. The standard InChI is InChI=1S/C12H14N4O5/c1-21-7-6-13-11(17)12(18)15-14-8-9-2-4-10(5-3-9)16(19)20/h2-5,8H,6-7H2,1H3,(H,13,17)(H,15,18)/b14-8+. The number of nitro groups is 1. The molecule has 0 saturated heterocycles. The summed E-state index contributed by atoms with van der Waals surface area (Å²) in [5.74, 6) is -1.74. The number of benzene rings is 1. The van der Waals surface area contributed by atoms with Crippen molar-refractivity contribution in [3.63, 3.8) is 0 Å². The minimum absolute atomic E-state index is 0.0475. The number of ether oxygens (including phenoxy) is 1. The highest BCUT2D eigenvalue weighted by molar-refractivity contribution is 6.35. The maximum absolute atomic E-state index is 11.3. The third-order valence-corrected chi connectivity index (χ3v) is 2.28. The Morgan fingerprint density at radius 1 is 1.33 bits per heavy atom. The molecule has 2 amide bonds. The number of carbonyl (C=O) groups is 2. The highest BCUT2D eigenvalue weighted by Gasteiger charge is 2.11.